The topological polar surface area (TPSA) is 58.2 Å². The Labute approximate surface area is 122 Å². The number of rotatable bonds is 6. The molecule has 0 spiro atoms. The third kappa shape index (κ3) is 3.15. The summed E-state index contributed by atoms with van der Waals surface area (Å²) in [6.07, 6.45) is 4.43. The van der Waals surface area contributed by atoms with Crippen LogP contribution in [-0.2, 0) is 10.0 Å². The van der Waals surface area contributed by atoms with Gasteiger partial charge in [0.1, 0.15) is 4.90 Å². The van der Waals surface area contributed by atoms with Crippen LogP contribution >= 0.6 is 0 Å². The first-order valence-electron chi connectivity index (χ1n) is 7.28. The Morgan fingerprint density at radius 3 is 2.40 bits per heavy atom. The third-order valence-electron chi connectivity index (χ3n) is 3.95. The number of nitrogens with one attached hydrogen (secondary N) is 2. The lowest BCUT2D eigenvalue weighted by molar-refractivity contribution is 0.269. The smallest absolute Gasteiger partial charge is 0.242 e. The zero-order valence-electron chi connectivity index (χ0n) is 12.4. The van der Waals surface area contributed by atoms with Crippen molar-refractivity contribution in [2.24, 2.45) is 0 Å². The minimum absolute atomic E-state index is 0.0729. The molecule has 2 N–H and O–H groups in total. The highest BCUT2D eigenvalue weighted by Crippen LogP contribution is 2.39. The Morgan fingerprint density at radius 1 is 1.25 bits per heavy atom. The van der Waals surface area contributed by atoms with Gasteiger partial charge in [-0.05, 0) is 51.7 Å². The van der Waals surface area contributed by atoms with Gasteiger partial charge in [-0.15, -0.1) is 0 Å². The summed E-state index contributed by atoms with van der Waals surface area (Å²) in [6.45, 7) is 5.80. The fourth-order valence-corrected chi connectivity index (χ4v) is 4.05. The largest absolute Gasteiger partial charge is 0.379 e. The first-order valence-corrected chi connectivity index (χ1v) is 8.76. The summed E-state index contributed by atoms with van der Waals surface area (Å²) in [4.78, 5) is 0.341. The molecule has 112 valence electrons. The Bertz CT molecular complexity index is 557. The van der Waals surface area contributed by atoms with Gasteiger partial charge in [-0.2, -0.15) is 0 Å². The normalized spacial score (nSPS) is 17.8. The SMILES string of the molecule is CCC1(Nc2ccccc2S(=O)(=O)NC(C)C)CCC1. The molecule has 2 rings (SSSR count). The van der Waals surface area contributed by atoms with E-state index in [9.17, 15) is 8.42 Å². The number of hydrogen-bond donors (Lipinski definition) is 2. The van der Waals surface area contributed by atoms with Crippen molar-refractivity contribution in [3.8, 4) is 0 Å². The number of para-hydroxylation sites is 1. The van der Waals surface area contributed by atoms with Gasteiger partial charge in [0.2, 0.25) is 10.0 Å². The van der Waals surface area contributed by atoms with Crippen LogP contribution in [-0.4, -0.2) is 20.0 Å². The number of benzene rings is 1. The van der Waals surface area contributed by atoms with Crippen LogP contribution in [0.5, 0.6) is 0 Å². The van der Waals surface area contributed by atoms with Crippen molar-refractivity contribution in [1.82, 2.24) is 4.72 Å². The average molecular weight is 296 g/mol. The van der Waals surface area contributed by atoms with Crippen LogP contribution in [0.25, 0.3) is 0 Å². The van der Waals surface area contributed by atoms with Crippen LogP contribution < -0.4 is 10.0 Å². The van der Waals surface area contributed by atoms with Gasteiger partial charge in [0.05, 0.1) is 5.69 Å². The third-order valence-corrected chi connectivity index (χ3v) is 5.67. The van der Waals surface area contributed by atoms with Crippen molar-refractivity contribution < 1.29 is 8.42 Å². The van der Waals surface area contributed by atoms with Crippen molar-refractivity contribution in [1.29, 1.82) is 0 Å². The van der Waals surface area contributed by atoms with Gasteiger partial charge >= 0.3 is 0 Å². The van der Waals surface area contributed by atoms with E-state index in [1.807, 2.05) is 26.0 Å². The molecule has 0 bridgehead atoms. The molecule has 20 heavy (non-hydrogen) atoms. The summed E-state index contributed by atoms with van der Waals surface area (Å²) in [5, 5.41) is 3.47. The van der Waals surface area contributed by atoms with Crippen molar-refractivity contribution in [3.63, 3.8) is 0 Å². The van der Waals surface area contributed by atoms with E-state index >= 15 is 0 Å². The molecule has 0 atom stereocenters. The van der Waals surface area contributed by atoms with Gasteiger partial charge in [-0.1, -0.05) is 19.1 Å². The second kappa shape index (κ2) is 5.74. The summed E-state index contributed by atoms with van der Waals surface area (Å²) in [6, 6.07) is 7.04. The molecule has 1 fully saturated rings. The first-order chi connectivity index (χ1) is 9.38. The second-order valence-corrected chi connectivity index (χ2v) is 7.57. The monoisotopic (exact) mass is 296 g/mol. The second-order valence-electron chi connectivity index (χ2n) is 5.88. The van der Waals surface area contributed by atoms with Gasteiger partial charge in [0.15, 0.2) is 0 Å². The zero-order chi connectivity index (χ0) is 14.8. The highest BCUT2D eigenvalue weighted by atomic mass is 32.2. The molecule has 1 aliphatic rings. The van der Waals surface area contributed by atoms with Crippen molar-refractivity contribution in [2.75, 3.05) is 5.32 Å². The Hall–Kier alpha value is -1.07. The molecule has 5 heteroatoms. The van der Waals surface area contributed by atoms with Gasteiger partial charge in [-0.3, -0.25) is 0 Å². The molecule has 1 aliphatic carbocycles. The maximum atomic E-state index is 12.4. The first kappa shape index (κ1) is 15.3. The lowest BCUT2D eigenvalue weighted by atomic mass is 9.74. The van der Waals surface area contributed by atoms with Crippen molar-refractivity contribution >= 4 is 15.7 Å². The predicted molar refractivity (Wildman–Crippen MR) is 82.4 cm³/mol. The van der Waals surface area contributed by atoms with E-state index in [1.54, 1.807) is 12.1 Å². The summed E-state index contributed by atoms with van der Waals surface area (Å²) in [5.74, 6) is 0. The van der Waals surface area contributed by atoms with Crippen LogP contribution in [0.4, 0.5) is 5.69 Å². The number of hydrogen-bond acceptors (Lipinski definition) is 3. The van der Waals surface area contributed by atoms with Gasteiger partial charge < -0.3 is 5.32 Å². The molecule has 0 saturated heterocycles. The summed E-state index contributed by atoms with van der Waals surface area (Å²) in [7, 11) is -3.47. The lowest BCUT2D eigenvalue weighted by Crippen LogP contribution is -2.44. The van der Waals surface area contributed by atoms with Crippen molar-refractivity contribution in [3.05, 3.63) is 24.3 Å². The van der Waals surface area contributed by atoms with Gasteiger partial charge in [0.25, 0.3) is 0 Å². The molecule has 0 aliphatic heterocycles. The molecule has 0 amide bonds. The molecule has 4 nitrogen and oxygen atoms in total. The Morgan fingerprint density at radius 2 is 1.90 bits per heavy atom. The maximum absolute atomic E-state index is 12.4. The molecule has 0 heterocycles. The van der Waals surface area contributed by atoms with E-state index in [4.69, 9.17) is 0 Å². The summed E-state index contributed by atoms with van der Waals surface area (Å²) >= 11 is 0. The van der Waals surface area contributed by atoms with Gasteiger partial charge in [0, 0.05) is 11.6 Å². The maximum Gasteiger partial charge on any atom is 0.242 e. The Kier molecular flexibility index (Phi) is 4.39. The van der Waals surface area contributed by atoms with E-state index in [0.717, 1.165) is 19.3 Å². The van der Waals surface area contributed by atoms with E-state index < -0.39 is 10.0 Å². The van der Waals surface area contributed by atoms with Crippen LogP contribution in [0.2, 0.25) is 0 Å². The van der Waals surface area contributed by atoms with Crippen LogP contribution in [0.3, 0.4) is 0 Å². The molecule has 1 saturated carbocycles. The molecule has 1 aromatic rings. The summed E-state index contributed by atoms with van der Waals surface area (Å²) in [5.41, 5.74) is 0.783. The number of sulfonamides is 1. The lowest BCUT2D eigenvalue weighted by Gasteiger charge is -2.43. The molecule has 0 unspecified atom stereocenters. The fraction of sp³-hybridized carbons (Fsp3) is 0.600. The molecule has 0 aromatic heterocycles. The zero-order valence-corrected chi connectivity index (χ0v) is 13.3. The van der Waals surface area contributed by atoms with E-state index in [2.05, 4.69) is 17.0 Å². The predicted octanol–water partition coefficient (Wildman–Crippen LogP) is 3.12. The minimum Gasteiger partial charge on any atom is -0.379 e. The highest BCUT2D eigenvalue weighted by Gasteiger charge is 2.36. The number of anilines is 1. The summed E-state index contributed by atoms with van der Waals surface area (Å²) < 4.78 is 27.4. The van der Waals surface area contributed by atoms with E-state index in [-0.39, 0.29) is 11.6 Å². The van der Waals surface area contributed by atoms with Crippen LogP contribution in [0.1, 0.15) is 46.5 Å². The quantitative estimate of drug-likeness (QED) is 0.848. The average Bonchev–Trinajstić information content (AvgIpc) is 2.32. The molecule has 0 radical (unpaired) electrons. The van der Waals surface area contributed by atoms with Crippen molar-refractivity contribution in [2.45, 2.75) is 62.9 Å². The molecular weight excluding hydrogens is 272 g/mol. The molecular formula is C15H24N2O2S. The highest BCUT2D eigenvalue weighted by molar-refractivity contribution is 7.89. The minimum atomic E-state index is -3.47. The fourth-order valence-electron chi connectivity index (χ4n) is 2.63. The van der Waals surface area contributed by atoms with E-state index in [1.165, 1.54) is 6.42 Å². The van der Waals surface area contributed by atoms with E-state index in [0.29, 0.717) is 10.6 Å². The van der Waals surface area contributed by atoms with Gasteiger partial charge in [-0.25, -0.2) is 13.1 Å². The van der Waals surface area contributed by atoms with Crippen LogP contribution in [0, 0.1) is 0 Å². The van der Waals surface area contributed by atoms with Crippen LogP contribution in [0.15, 0.2) is 29.2 Å². The standard InChI is InChI=1S/C15H24N2O2S/c1-4-15(10-7-11-15)16-13-8-5-6-9-14(13)20(18,19)17-12(2)3/h5-6,8-9,12,16-17H,4,7,10-11H2,1-3H3. The molecule has 1 aromatic carbocycles. The Balaban J connectivity index is 2.31.